The minimum atomic E-state index is -1.82. The number of benzene rings is 2. The van der Waals surface area contributed by atoms with Crippen molar-refractivity contribution in [2.45, 2.75) is 19.5 Å². The van der Waals surface area contributed by atoms with Crippen molar-refractivity contribution in [3.8, 4) is 11.5 Å². The minimum Gasteiger partial charge on any atom is -0.493 e. The van der Waals surface area contributed by atoms with Crippen LogP contribution in [0.2, 0.25) is 0 Å². The Balaban J connectivity index is 0.000000487. The predicted molar refractivity (Wildman–Crippen MR) is 96.5 cm³/mol. The van der Waals surface area contributed by atoms with E-state index in [2.05, 4.69) is 36.5 Å². The van der Waals surface area contributed by atoms with Gasteiger partial charge in [-0.1, -0.05) is 36.4 Å². The average Bonchev–Trinajstić information content (AvgIpc) is 2.66. The van der Waals surface area contributed by atoms with Crippen molar-refractivity contribution >= 4 is 11.9 Å². The molecule has 1 atom stereocenters. The first-order valence-electron chi connectivity index (χ1n) is 7.84. The summed E-state index contributed by atoms with van der Waals surface area (Å²) >= 11 is 0. The molecule has 140 valence electrons. The predicted octanol–water partition coefficient (Wildman–Crippen LogP) is 2.71. The van der Waals surface area contributed by atoms with Gasteiger partial charge in [0.1, 0.15) is 0 Å². The Morgan fingerprint density at radius 1 is 0.962 bits per heavy atom. The fourth-order valence-electron chi connectivity index (χ4n) is 2.12. The molecule has 2 aromatic carbocycles. The van der Waals surface area contributed by atoms with Gasteiger partial charge >= 0.3 is 11.9 Å². The van der Waals surface area contributed by atoms with Gasteiger partial charge < -0.3 is 25.0 Å². The van der Waals surface area contributed by atoms with Gasteiger partial charge in [-0.05, 0) is 30.2 Å². The zero-order valence-corrected chi connectivity index (χ0v) is 14.9. The zero-order chi connectivity index (χ0) is 19.5. The molecule has 0 aromatic heterocycles. The van der Waals surface area contributed by atoms with Crippen molar-refractivity contribution in [3.05, 3.63) is 59.7 Å². The standard InChI is InChI=1S/C17H21NO2.C2H2O4/c1-13(15-7-5-4-6-8-15)18-12-14-9-10-16(19-2)17(11-14)20-3;3-1(4)2(5)6/h4-11,13,18H,12H2,1-3H3;(H,3,4)(H,5,6)/t13-;/m1./s1. The Labute approximate surface area is 152 Å². The molecule has 0 spiro atoms. The van der Waals surface area contributed by atoms with Crippen molar-refractivity contribution in [1.29, 1.82) is 0 Å². The molecule has 7 heteroatoms. The van der Waals surface area contributed by atoms with Crippen molar-refractivity contribution in [1.82, 2.24) is 5.32 Å². The van der Waals surface area contributed by atoms with Crippen LogP contribution >= 0.6 is 0 Å². The lowest BCUT2D eigenvalue weighted by molar-refractivity contribution is -0.159. The zero-order valence-electron chi connectivity index (χ0n) is 14.9. The van der Waals surface area contributed by atoms with Crippen LogP contribution < -0.4 is 14.8 Å². The summed E-state index contributed by atoms with van der Waals surface area (Å²) in [6.45, 7) is 2.95. The van der Waals surface area contributed by atoms with E-state index in [9.17, 15) is 0 Å². The normalized spacial score (nSPS) is 10.9. The summed E-state index contributed by atoms with van der Waals surface area (Å²) in [6.07, 6.45) is 0. The fraction of sp³-hybridized carbons (Fsp3) is 0.263. The van der Waals surface area contributed by atoms with E-state index in [-0.39, 0.29) is 0 Å². The largest absolute Gasteiger partial charge is 0.493 e. The molecular weight excluding hydrogens is 338 g/mol. The highest BCUT2D eigenvalue weighted by Crippen LogP contribution is 2.27. The molecule has 0 aliphatic rings. The Morgan fingerprint density at radius 2 is 1.54 bits per heavy atom. The van der Waals surface area contributed by atoms with Crippen LogP contribution in [0.1, 0.15) is 24.1 Å². The number of ether oxygens (including phenoxy) is 2. The van der Waals surface area contributed by atoms with E-state index in [0.29, 0.717) is 6.04 Å². The summed E-state index contributed by atoms with van der Waals surface area (Å²) in [4.78, 5) is 18.2. The number of carboxylic acid groups (broad SMARTS) is 2. The molecule has 26 heavy (non-hydrogen) atoms. The number of hydrogen-bond acceptors (Lipinski definition) is 5. The number of rotatable bonds is 6. The molecule has 0 aliphatic heterocycles. The Kier molecular flexibility index (Phi) is 8.66. The van der Waals surface area contributed by atoms with E-state index in [4.69, 9.17) is 29.3 Å². The number of hydrogen-bond donors (Lipinski definition) is 3. The van der Waals surface area contributed by atoms with E-state index in [1.165, 1.54) is 11.1 Å². The van der Waals surface area contributed by atoms with Gasteiger partial charge in [0.15, 0.2) is 11.5 Å². The number of carbonyl (C=O) groups is 2. The molecule has 0 radical (unpaired) electrons. The molecule has 0 saturated heterocycles. The number of nitrogens with one attached hydrogen (secondary N) is 1. The second-order valence-corrected chi connectivity index (χ2v) is 5.31. The van der Waals surface area contributed by atoms with Crippen molar-refractivity contribution in [3.63, 3.8) is 0 Å². The van der Waals surface area contributed by atoms with Crippen LogP contribution in [0, 0.1) is 0 Å². The van der Waals surface area contributed by atoms with Crippen LogP contribution in [-0.4, -0.2) is 36.4 Å². The molecule has 0 heterocycles. The first-order valence-corrected chi connectivity index (χ1v) is 7.84. The van der Waals surface area contributed by atoms with E-state index in [1.807, 2.05) is 24.3 Å². The third-order valence-corrected chi connectivity index (χ3v) is 3.54. The van der Waals surface area contributed by atoms with Crippen LogP contribution in [-0.2, 0) is 16.1 Å². The molecule has 0 unspecified atom stereocenters. The third-order valence-electron chi connectivity index (χ3n) is 3.54. The lowest BCUT2D eigenvalue weighted by Crippen LogP contribution is -2.18. The van der Waals surface area contributed by atoms with Crippen molar-refractivity contribution < 1.29 is 29.3 Å². The summed E-state index contributed by atoms with van der Waals surface area (Å²) in [6, 6.07) is 16.7. The molecular formula is C19H23NO6. The maximum Gasteiger partial charge on any atom is 0.414 e. The molecule has 0 amide bonds. The maximum atomic E-state index is 9.10. The van der Waals surface area contributed by atoms with Gasteiger partial charge in [-0.2, -0.15) is 0 Å². The molecule has 0 bridgehead atoms. The Morgan fingerprint density at radius 3 is 2.04 bits per heavy atom. The lowest BCUT2D eigenvalue weighted by Gasteiger charge is -2.15. The molecule has 2 aromatic rings. The van der Waals surface area contributed by atoms with Crippen LogP contribution in [0.4, 0.5) is 0 Å². The van der Waals surface area contributed by atoms with Crippen molar-refractivity contribution in [2.75, 3.05) is 14.2 Å². The average molecular weight is 361 g/mol. The highest BCUT2D eigenvalue weighted by atomic mass is 16.5. The van der Waals surface area contributed by atoms with E-state index in [1.54, 1.807) is 14.2 Å². The summed E-state index contributed by atoms with van der Waals surface area (Å²) in [5.74, 6) is -2.13. The van der Waals surface area contributed by atoms with Gasteiger partial charge in [0, 0.05) is 12.6 Å². The molecule has 0 fully saturated rings. The number of aliphatic carboxylic acids is 2. The Hall–Kier alpha value is -3.06. The first kappa shape index (κ1) is 21.0. The van der Waals surface area contributed by atoms with Crippen LogP contribution in [0.3, 0.4) is 0 Å². The minimum absolute atomic E-state index is 0.310. The molecule has 7 nitrogen and oxygen atoms in total. The van der Waals surface area contributed by atoms with E-state index < -0.39 is 11.9 Å². The molecule has 3 N–H and O–H groups in total. The van der Waals surface area contributed by atoms with Gasteiger partial charge in [0.2, 0.25) is 0 Å². The van der Waals surface area contributed by atoms with Crippen molar-refractivity contribution in [2.24, 2.45) is 0 Å². The summed E-state index contributed by atoms with van der Waals surface area (Å²) in [7, 11) is 3.30. The van der Waals surface area contributed by atoms with E-state index in [0.717, 1.165) is 18.0 Å². The second kappa shape index (κ2) is 10.7. The van der Waals surface area contributed by atoms with Gasteiger partial charge in [-0.3, -0.25) is 0 Å². The highest BCUT2D eigenvalue weighted by Gasteiger charge is 2.07. The van der Waals surface area contributed by atoms with E-state index >= 15 is 0 Å². The topological polar surface area (TPSA) is 105 Å². The quantitative estimate of drug-likeness (QED) is 0.679. The number of carboxylic acids is 2. The summed E-state index contributed by atoms with van der Waals surface area (Å²) in [5.41, 5.74) is 2.46. The first-order chi connectivity index (χ1) is 12.4. The van der Waals surface area contributed by atoms with Crippen LogP contribution in [0.5, 0.6) is 11.5 Å². The Bertz CT molecular complexity index is 705. The summed E-state index contributed by atoms with van der Waals surface area (Å²) < 4.78 is 10.6. The van der Waals surface area contributed by atoms with Gasteiger partial charge in [-0.25, -0.2) is 9.59 Å². The van der Waals surface area contributed by atoms with Gasteiger partial charge in [0.05, 0.1) is 14.2 Å². The smallest absolute Gasteiger partial charge is 0.414 e. The highest BCUT2D eigenvalue weighted by molar-refractivity contribution is 6.27. The van der Waals surface area contributed by atoms with Gasteiger partial charge in [-0.15, -0.1) is 0 Å². The second-order valence-electron chi connectivity index (χ2n) is 5.31. The maximum absolute atomic E-state index is 9.10. The number of methoxy groups -OCH3 is 2. The van der Waals surface area contributed by atoms with Crippen LogP contribution in [0.25, 0.3) is 0 Å². The fourth-order valence-corrected chi connectivity index (χ4v) is 2.12. The summed E-state index contributed by atoms with van der Waals surface area (Å²) in [5, 5.41) is 18.3. The third kappa shape index (κ3) is 6.82. The van der Waals surface area contributed by atoms with Gasteiger partial charge in [0.25, 0.3) is 0 Å². The molecule has 2 rings (SSSR count). The molecule has 0 saturated carbocycles. The SMILES string of the molecule is COc1ccc(CN[C@H](C)c2ccccc2)cc1OC.O=C(O)C(=O)O. The van der Waals surface area contributed by atoms with Crippen LogP contribution in [0.15, 0.2) is 48.5 Å². The monoisotopic (exact) mass is 361 g/mol. The lowest BCUT2D eigenvalue weighted by atomic mass is 10.1. The molecule has 0 aliphatic carbocycles.